The molecule has 1 heterocycles. The van der Waals surface area contributed by atoms with Crippen molar-refractivity contribution in [1.29, 1.82) is 0 Å². The van der Waals surface area contributed by atoms with E-state index in [1.54, 1.807) is 0 Å². The second kappa shape index (κ2) is 6.63. The largest absolute Gasteiger partial charge is 0.386 e. The first-order valence-corrected chi connectivity index (χ1v) is 7.07. The summed E-state index contributed by atoms with van der Waals surface area (Å²) in [6.07, 6.45) is -6.88. The topological polar surface area (TPSA) is 150 Å². The highest BCUT2D eigenvalue weighted by Crippen LogP contribution is 2.38. The van der Waals surface area contributed by atoms with Crippen LogP contribution >= 0.6 is 0 Å². The van der Waals surface area contributed by atoms with Crippen LogP contribution in [0.3, 0.4) is 0 Å². The molecule has 9 nitrogen and oxygen atoms in total. The molecule has 1 amide bonds. The average molecular weight is 349 g/mol. The summed E-state index contributed by atoms with van der Waals surface area (Å²) < 4.78 is 19.8. The molecule has 1 saturated heterocycles. The second-order valence-corrected chi connectivity index (χ2v) is 5.79. The van der Waals surface area contributed by atoms with Gasteiger partial charge in [-0.1, -0.05) is 0 Å². The molecule has 1 aliphatic heterocycles. The minimum absolute atomic E-state index is 0.765. The lowest BCUT2D eigenvalue weighted by atomic mass is 9.75. The summed E-state index contributed by atoms with van der Waals surface area (Å²) in [6.45, 7) is 3.50. The maximum Gasteiger partial charge on any atom is 0.251 e. The molecule has 4 N–H and O–H groups in total. The molecular formula is C14H20FNO8. The first kappa shape index (κ1) is 20.3. The molecule has 0 spiro atoms. The van der Waals surface area contributed by atoms with Gasteiger partial charge in [-0.25, -0.2) is 4.39 Å². The van der Waals surface area contributed by atoms with Crippen LogP contribution < -0.4 is 5.32 Å². The van der Waals surface area contributed by atoms with Gasteiger partial charge < -0.3 is 25.4 Å². The lowest BCUT2D eigenvalue weighted by Gasteiger charge is -2.50. The van der Waals surface area contributed by atoms with E-state index in [1.807, 2.05) is 5.32 Å². The van der Waals surface area contributed by atoms with Gasteiger partial charge >= 0.3 is 0 Å². The average Bonchev–Trinajstić information content (AvgIpc) is 2.45. The number of hydrogen-bond acceptors (Lipinski definition) is 8. The van der Waals surface area contributed by atoms with Crippen LogP contribution in [-0.2, 0) is 23.9 Å². The first-order chi connectivity index (χ1) is 10.8. The van der Waals surface area contributed by atoms with E-state index in [2.05, 4.69) is 0 Å². The van der Waals surface area contributed by atoms with Crippen molar-refractivity contribution < 1.29 is 43.6 Å². The number of ketones is 3. The quantitative estimate of drug-likeness (QED) is 0.436. The molecule has 136 valence electrons. The van der Waals surface area contributed by atoms with Crippen LogP contribution in [0.15, 0.2) is 0 Å². The van der Waals surface area contributed by atoms with E-state index in [-0.39, 0.29) is 0 Å². The number of carbonyl (C=O) groups is 4. The van der Waals surface area contributed by atoms with Crippen molar-refractivity contribution >= 4 is 23.3 Å². The minimum Gasteiger partial charge on any atom is -0.386 e. The van der Waals surface area contributed by atoms with Crippen LogP contribution in [0.1, 0.15) is 27.7 Å². The summed E-state index contributed by atoms with van der Waals surface area (Å²) in [7, 11) is 0. The summed E-state index contributed by atoms with van der Waals surface area (Å²) in [4.78, 5) is 46.8. The fraction of sp³-hybridized carbons (Fsp3) is 0.714. The fourth-order valence-electron chi connectivity index (χ4n) is 2.50. The van der Waals surface area contributed by atoms with Gasteiger partial charge in [-0.2, -0.15) is 0 Å². The number of aliphatic hydroxyl groups excluding tert-OH is 1. The van der Waals surface area contributed by atoms with E-state index in [1.165, 1.54) is 0 Å². The molecule has 1 rings (SSSR count). The fourth-order valence-corrected chi connectivity index (χ4v) is 2.50. The SMILES string of the molecule is CC(=O)N[C@H]1[C@H](F)[C@@](O)(C(C)=O)[C@@H](C(=O)C(C)O)O[C@@]1(O)C(C)=O. The van der Waals surface area contributed by atoms with Crippen molar-refractivity contribution in [3.63, 3.8) is 0 Å². The molecule has 1 unspecified atom stereocenters. The molecule has 0 saturated carbocycles. The standard InChI is InChI=1S/C14H20FNO8/c1-5(17)9(21)12-13(22,6(2)18)10(15)11(16-8(4)20)14(23,24-12)7(3)19/h5,10-12,17,22-23H,1-4H3,(H,16,20)/t5?,10-,11-,12+,13-,14-/m0/s1. The molecule has 1 fully saturated rings. The number of halogens is 1. The predicted molar refractivity (Wildman–Crippen MR) is 75.3 cm³/mol. The zero-order valence-corrected chi connectivity index (χ0v) is 13.6. The highest BCUT2D eigenvalue weighted by Gasteiger charge is 2.68. The van der Waals surface area contributed by atoms with Gasteiger partial charge in [0.1, 0.15) is 12.1 Å². The number of ether oxygens (including phenoxy) is 1. The van der Waals surface area contributed by atoms with Crippen LogP contribution in [0, 0.1) is 0 Å². The maximum atomic E-state index is 14.9. The normalized spacial score (nSPS) is 37.4. The summed E-state index contributed by atoms with van der Waals surface area (Å²) in [5, 5.41) is 32.1. The number of alkyl halides is 1. The smallest absolute Gasteiger partial charge is 0.251 e. The molecule has 1 aliphatic rings. The minimum atomic E-state index is -3.11. The number of Topliss-reactive ketones (excluding diaryl/α,β-unsaturated/α-hetero) is 3. The van der Waals surface area contributed by atoms with E-state index in [4.69, 9.17) is 4.74 Å². The van der Waals surface area contributed by atoms with Crippen molar-refractivity contribution in [2.75, 3.05) is 0 Å². The Bertz CT molecular complexity index is 579. The molecule has 10 heteroatoms. The summed E-state index contributed by atoms with van der Waals surface area (Å²) >= 11 is 0. The molecule has 0 aromatic carbocycles. The summed E-state index contributed by atoms with van der Waals surface area (Å²) in [5.74, 6) is -7.61. The zero-order chi connectivity index (χ0) is 19.0. The lowest BCUT2D eigenvalue weighted by molar-refractivity contribution is -0.300. The van der Waals surface area contributed by atoms with E-state index < -0.39 is 59.1 Å². The van der Waals surface area contributed by atoms with Crippen molar-refractivity contribution in [2.24, 2.45) is 0 Å². The number of nitrogens with one attached hydrogen (secondary N) is 1. The van der Waals surface area contributed by atoms with Gasteiger partial charge in [-0.15, -0.1) is 0 Å². The number of carbonyl (C=O) groups excluding carboxylic acids is 4. The van der Waals surface area contributed by atoms with E-state index >= 15 is 0 Å². The third-order valence-electron chi connectivity index (χ3n) is 3.93. The van der Waals surface area contributed by atoms with Gasteiger partial charge in [0.25, 0.3) is 5.79 Å². The van der Waals surface area contributed by atoms with Crippen molar-refractivity contribution in [3.8, 4) is 0 Å². The van der Waals surface area contributed by atoms with E-state index in [0.29, 0.717) is 0 Å². The zero-order valence-electron chi connectivity index (χ0n) is 13.6. The Morgan fingerprint density at radius 2 is 1.62 bits per heavy atom. The van der Waals surface area contributed by atoms with Crippen LogP contribution in [0.5, 0.6) is 0 Å². The molecule has 24 heavy (non-hydrogen) atoms. The highest BCUT2D eigenvalue weighted by molar-refractivity contribution is 5.99. The van der Waals surface area contributed by atoms with Crippen LogP contribution in [0.25, 0.3) is 0 Å². The molecule has 0 bridgehead atoms. The van der Waals surface area contributed by atoms with E-state index in [9.17, 15) is 38.9 Å². The maximum absolute atomic E-state index is 14.9. The summed E-state index contributed by atoms with van der Waals surface area (Å²) in [6, 6.07) is -2.14. The third-order valence-corrected chi connectivity index (χ3v) is 3.93. The van der Waals surface area contributed by atoms with Crippen molar-refractivity contribution in [3.05, 3.63) is 0 Å². The third kappa shape index (κ3) is 3.09. The lowest BCUT2D eigenvalue weighted by Crippen LogP contribution is -2.78. The Hall–Kier alpha value is -1.75. The number of hydrogen-bond donors (Lipinski definition) is 4. The second-order valence-electron chi connectivity index (χ2n) is 5.79. The first-order valence-electron chi connectivity index (χ1n) is 7.07. The van der Waals surface area contributed by atoms with Gasteiger partial charge in [0.05, 0.1) is 0 Å². The van der Waals surface area contributed by atoms with E-state index in [0.717, 1.165) is 27.7 Å². The van der Waals surface area contributed by atoms with Gasteiger partial charge in [0, 0.05) is 13.8 Å². The van der Waals surface area contributed by atoms with Gasteiger partial charge in [0.2, 0.25) is 5.91 Å². The molecule has 0 aliphatic carbocycles. The number of aliphatic hydroxyl groups is 3. The van der Waals surface area contributed by atoms with Crippen molar-refractivity contribution in [2.45, 2.75) is 63.5 Å². The summed E-state index contributed by atoms with van der Waals surface area (Å²) in [5.41, 5.74) is -3.11. The molecule has 0 aromatic heterocycles. The van der Waals surface area contributed by atoms with Gasteiger partial charge in [-0.3, -0.25) is 19.2 Å². The number of amides is 1. The Morgan fingerprint density at radius 1 is 1.12 bits per heavy atom. The Balaban J connectivity index is 3.55. The Kier molecular flexibility index (Phi) is 5.61. The molecule has 0 radical (unpaired) electrons. The predicted octanol–water partition coefficient (Wildman–Crippen LogP) is -2.22. The van der Waals surface area contributed by atoms with Crippen LogP contribution in [-0.4, -0.2) is 74.4 Å². The molecular weight excluding hydrogens is 329 g/mol. The van der Waals surface area contributed by atoms with Crippen molar-refractivity contribution in [1.82, 2.24) is 5.32 Å². The molecule has 0 aromatic rings. The Morgan fingerprint density at radius 3 is 1.96 bits per heavy atom. The molecule has 6 atom stereocenters. The Labute approximate surface area is 136 Å². The monoisotopic (exact) mass is 349 g/mol. The van der Waals surface area contributed by atoms with Crippen LogP contribution in [0.2, 0.25) is 0 Å². The number of rotatable bonds is 5. The highest BCUT2D eigenvalue weighted by atomic mass is 19.1. The van der Waals surface area contributed by atoms with Gasteiger partial charge in [0.15, 0.2) is 35.2 Å². The van der Waals surface area contributed by atoms with Crippen LogP contribution in [0.4, 0.5) is 4.39 Å². The van der Waals surface area contributed by atoms with Gasteiger partial charge in [-0.05, 0) is 13.8 Å².